The number of fused-ring (bicyclic) bond motifs is 1. The van der Waals surface area contributed by atoms with Gasteiger partial charge in [-0.2, -0.15) is 9.50 Å². The van der Waals surface area contributed by atoms with Gasteiger partial charge in [0.2, 0.25) is 5.91 Å². The van der Waals surface area contributed by atoms with E-state index >= 15 is 0 Å². The SMILES string of the molecule is Cc1nc2nc(CN3CCN(C)C4(CCC(=O)N(C)CC4)C3)cc(=O)n2[nH]1. The first kappa shape index (κ1) is 18.1. The maximum Gasteiger partial charge on any atom is 0.274 e. The summed E-state index contributed by atoms with van der Waals surface area (Å²) in [5.41, 5.74) is 0.606. The van der Waals surface area contributed by atoms with Crippen LogP contribution in [0.4, 0.5) is 0 Å². The molecular weight excluding hydrogens is 346 g/mol. The van der Waals surface area contributed by atoms with Gasteiger partial charge in [-0.3, -0.25) is 24.5 Å². The Hall–Kier alpha value is -2.26. The number of amides is 1. The topological polar surface area (TPSA) is 89.8 Å². The lowest BCUT2D eigenvalue weighted by atomic mass is 9.86. The zero-order chi connectivity index (χ0) is 19.2. The van der Waals surface area contributed by atoms with Gasteiger partial charge in [0, 0.05) is 57.8 Å². The molecule has 2 aromatic heterocycles. The molecule has 2 aromatic rings. The number of hydrogen-bond acceptors (Lipinski definition) is 6. The average molecular weight is 373 g/mol. The molecular formula is C18H27N7O2. The number of rotatable bonds is 2. The lowest BCUT2D eigenvalue weighted by Crippen LogP contribution is -2.60. The fraction of sp³-hybridized carbons (Fsp3) is 0.667. The van der Waals surface area contributed by atoms with Gasteiger partial charge >= 0.3 is 0 Å². The number of likely N-dealkylation sites (N-methyl/N-ethyl adjacent to an activating group) is 1. The average Bonchev–Trinajstić information content (AvgIpc) is 2.94. The van der Waals surface area contributed by atoms with Crippen LogP contribution in [0.2, 0.25) is 0 Å². The van der Waals surface area contributed by atoms with Crippen LogP contribution in [-0.4, -0.2) is 86.0 Å². The molecule has 2 fully saturated rings. The van der Waals surface area contributed by atoms with E-state index in [9.17, 15) is 9.59 Å². The quantitative estimate of drug-likeness (QED) is 0.788. The lowest BCUT2D eigenvalue weighted by molar-refractivity contribution is -0.129. The van der Waals surface area contributed by atoms with Crippen LogP contribution < -0.4 is 5.56 Å². The van der Waals surface area contributed by atoms with Gasteiger partial charge in [0.15, 0.2) is 0 Å². The molecule has 2 saturated heterocycles. The second kappa shape index (κ2) is 6.72. The zero-order valence-corrected chi connectivity index (χ0v) is 16.2. The molecule has 2 aliphatic rings. The highest BCUT2D eigenvalue weighted by atomic mass is 16.2. The van der Waals surface area contributed by atoms with E-state index in [1.54, 1.807) is 6.07 Å². The molecule has 146 valence electrons. The van der Waals surface area contributed by atoms with Crippen molar-refractivity contribution in [1.29, 1.82) is 0 Å². The van der Waals surface area contributed by atoms with Gasteiger partial charge in [-0.25, -0.2) is 4.98 Å². The number of nitrogens with zero attached hydrogens (tertiary/aromatic N) is 6. The molecule has 1 N–H and O–H groups in total. The van der Waals surface area contributed by atoms with Gasteiger partial charge in [-0.05, 0) is 26.8 Å². The Morgan fingerprint density at radius 1 is 1.15 bits per heavy atom. The molecule has 4 heterocycles. The summed E-state index contributed by atoms with van der Waals surface area (Å²) in [5, 5.41) is 2.90. The van der Waals surface area contributed by atoms with Crippen LogP contribution in [0.3, 0.4) is 0 Å². The van der Waals surface area contributed by atoms with Crippen molar-refractivity contribution in [2.45, 2.75) is 38.3 Å². The van der Waals surface area contributed by atoms with Crippen molar-refractivity contribution < 1.29 is 4.79 Å². The summed E-state index contributed by atoms with van der Waals surface area (Å²) in [6.07, 6.45) is 2.43. The number of hydrogen-bond donors (Lipinski definition) is 1. The first-order valence-corrected chi connectivity index (χ1v) is 9.49. The van der Waals surface area contributed by atoms with Gasteiger partial charge in [0.05, 0.1) is 5.69 Å². The summed E-state index contributed by atoms with van der Waals surface area (Å²) in [5.74, 6) is 1.31. The minimum atomic E-state index is -0.138. The van der Waals surface area contributed by atoms with Crippen LogP contribution in [0.25, 0.3) is 5.78 Å². The number of piperazine rings is 1. The number of carbonyl (C=O) groups excluding carboxylic acids is 1. The Labute approximate surface area is 158 Å². The second-order valence-corrected chi connectivity index (χ2v) is 7.95. The molecule has 1 atom stereocenters. The van der Waals surface area contributed by atoms with Crippen LogP contribution in [0.1, 0.15) is 30.8 Å². The Morgan fingerprint density at radius 2 is 1.96 bits per heavy atom. The number of carbonyl (C=O) groups is 1. The zero-order valence-electron chi connectivity index (χ0n) is 16.2. The number of nitrogens with one attached hydrogen (secondary N) is 1. The lowest BCUT2D eigenvalue weighted by Gasteiger charge is -2.49. The third-order valence-corrected chi connectivity index (χ3v) is 6.10. The normalized spacial score (nSPS) is 25.4. The summed E-state index contributed by atoms with van der Waals surface area (Å²) in [6.45, 7) is 5.96. The molecule has 0 aromatic carbocycles. The van der Waals surface area contributed by atoms with E-state index in [0.717, 1.165) is 44.7 Å². The molecule has 1 amide bonds. The van der Waals surface area contributed by atoms with E-state index in [4.69, 9.17) is 0 Å². The van der Waals surface area contributed by atoms with Crippen molar-refractivity contribution in [3.8, 4) is 0 Å². The molecule has 9 nitrogen and oxygen atoms in total. The van der Waals surface area contributed by atoms with Crippen LogP contribution in [0, 0.1) is 6.92 Å². The molecule has 9 heteroatoms. The summed E-state index contributed by atoms with van der Waals surface area (Å²) in [6, 6.07) is 1.58. The monoisotopic (exact) mass is 373 g/mol. The standard InChI is InChI=1S/C18H27N7O2/c1-13-19-17-20-14(10-16(27)25(17)21-13)11-24-9-8-23(3)18(12-24)5-4-15(26)22(2)7-6-18/h10H,4-9,11-12H2,1-3H3,(H,19,20,21). The molecule has 0 radical (unpaired) electrons. The van der Waals surface area contributed by atoms with Crippen molar-refractivity contribution in [3.05, 3.63) is 27.9 Å². The van der Waals surface area contributed by atoms with Gasteiger partial charge in [-0.15, -0.1) is 0 Å². The highest BCUT2D eigenvalue weighted by Gasteiger charge is 2.41. The fourth-order valence-electron chi connectivity index (χ4n) is 4.32. The first-order valence-electron chi connectivity index (χ1n) is 9.49. The first-order chi connectivity index (χ1) is 12.9. The minimum Gasteiger partial charge on any atom is -0.346 e. The number of aromatic nitrogens is 4. The highest BCUT2D eigenvalue weighted by molar-refractivity contribution is 5.76. The van der Waals surface area contributed by atoms with Crippen LogP contribution in [0.15, 0.2) is 10.9 Å². The molecule has 0 aliphatic carbocycles. The van der Waals surface area contributed by atoms with Crippen LogP contribution in [0.5, 0.6) is 0 Å². The predicted octanol–water partition coefficient (Wildman–Crippen LogP) is -0.145. The number of likely N-dealkylation sites (tertiary alicyclic amines) is 1. The maximum atomic E-state index is 12.3. The third-order valence-electron chi connectivity index (χ3n) is 6.10. The van der Waals surface area contributed by atoms with Crippen molar-refractivity contribution in [2.24, 2.45) is 0 Å². The number of aryl methyl sites for hydroxylation is 1. The van der Waals surface area contributed by atoms with E-state index in [1.165, 1.54) is 4.52 Å². The van der Waals surface area contributed by atoms with Gasteiger partial charge < -0.3 is 4.90 Å². The van der Waals surface area contributed by atoms with E-state index < -0.39 is 0 Å². The van der Waals surface area contributed by atoms with Crippen LogP contribution in [-0.2, 0) is 11.3 Å². The predicted molar refractivity (Wildman–Crippen MR) is 100 cm³/mol. The molecule has 1 unspecified atom stereocenters. The largest absolute Gasteiger partial charge is 0.346 e. The molecule has 27 heavy (non-hydrogen) atoms. The summed E-state index contributed by atoms with van der Waals surface area (Å²) < 4.78 is 1.37. The molecule has 4 rings (SSSR count). The Bertz CT molecular complexity index is 920. The summed E-state index contributed by atoms with van der Waals surface area (Å²) >= 11 is 0. The van der Waals surface area contributed by atoms with Crippen LogP contribution >= 0.6 is 0 Å². The van der Waals surface area contributed by atoms with E-state index in [1.807, 2.05) is 18.9 Å². The van der Waals surface area contributed by atoms with E-state index in [0.29, 0.717) is 24.6 Å². The van der Waals surface area contributed by atoms with Gasteiger partial charge in [0.1, 0.15) is 5.82 Å². The molecule has 0 bridgehead atoms. The Balaban J connectivity index is 1.55. The molecule has 2 aliphatic heterocycles. The molecule has 1 spiro atoms. The smallest absolute Gasteiger partial charge is 0.274 e. The minimum absolute atomic E-state index is 0.000733. The van der Waals surface area contributed by atoms with E-state index in [-0.39, 0.29) is 17.0 Å². The van der Waals surface area contributed by atoms with Crippen molar-refractivity contribution in [2.75, 3.05) is 40.3 Å². The van der Waals surface area contributed by atoms with Gasteiger partial charge in [0.25, 0.3) is 11.3 Å². The highest BCUT2D eigenvalue weighted by Crippen LogP contribution is 2.32. The van der Waals surface area contributed by atoms with E-state index in [2.05, 4.69) is 31.9 Å². The second-order valence-electron chi connectivity index (χ2n) is 7.95. The van der Waals surface area contributed by atoms with Crippen molar-refractivity contribution in [3.63, 3.8) is 0 Å². The van der Waals surface area contributed by atoms with Crippen molar-refractivity contribution >= 4 is 11.7 Å². The van der Waals surface area contributed by atoms with Gasteiger partial charge in [-0.1, -0.05) is 0 Å². The third kappa shape index (κ3) is 3.37. The summed E-state index contributed by atoms with van der Waals surface area (Å²) in [7, 11) is 4.05. The summed E-state index contributed by atoms with van der Waals surface area (Å²) in [4.78, 5) is 39.9. The number of H-pyrrole nitrogens is 1. The number of aromatic amines is 1. The Kier molecular flexibility index (Phi) is 4.51. The maximum absolute atomic E-state index is 12.3. The van der Waals surface area contributed by atoms with Crippen molar-refractivity contribution in [1.82, 2.24) is 34.3 Å². The molecule has 0 saturated carbocycles. The Morgan fingerprint density at radius 3 is 2.78 bits per heavy atom. The fourth-order valence-corrected chi connectivity index (χ4v) is 4.32.